The quantitative estimate of drug-likeness (QED) is 0.898. The van der Waals surface area contributed by atoms with Crippen LogP contribution in [0.3, 0.4) is 0 Å². The summed E-state index contributed by atoms with van der Waals surface area (Å²) in [4.78, 5) is 0.222. The molecule has 2 aromatic rings. The molecular formula is C18H20FNO3S. The van der Waals surface area contributed by atoms with E-state index in [1.54, 1.807) is 36.4 Å². The molecule has 0 atom stereocenters. The molecule has 128 valence electrons. The highest BCUT2D eigenvalue weighted by Crippen LogP contribution is 2.29. The number of nitrogens with one attached hydrogen (secondary N) is 1. The fourth-order valence-electron chi connectivity index (χ4n) is 2.96. The number of ether oxygens (including phenoxy) is 1. The van der Waals surface area contributed by atoms with E-state index in [4.69, 9.17) is 4.74 Å². The van der Waals surface area contributed by atoms with Gasteiger partial charge in [0.15, 0.2) is 11.6 Å². The van der Waals surface area contributed by atoms with Crippen molar-refractivity contribution < 1.29 is 17.5 Å². The minimum atomic E-state index is -3.51. The van der Waals surface area contributed by atoms with E-state index in [2.05, 4.69) is 11.6 Å². The molecule has 1 aliphatic rings. The molecular weight excluding hydrogens is 329 g/mol. The summed E-state index contributed by atoms with van der Waals surface area (Å²) >= 11 is 0. The standard InChI is InChI=1S/C18H20FNO3S/c1-12-9-15(10-12)20-24(21,22)16-6-3-13(4-7-16)14-5-8-18(23-2)17(19)11-14/h3-8,11-12,15,20H,9-10H2,1-2H3/t12-,15+. The van der Waals surface area contributed by atoms with Gasteiger partial charge in [-0.15, -0.1) is 0 Å². The number of sulfonamides is 1. The molecule has 0 bridgehead atoms. The Bertz CT molecular complexity index is 828. The lowest BCUT2D eigenvalue weighted by atomic mass is 9.83. The number of halogens is 1. The van der Waals surface area contributed by atoms with Crippen LogP contribution in [0.4, 0.5) is 4.39 Å². The Morgan fingerprint density at radius 3 is 2.25 bits per heavy atom. The van der Waals surface area contributed by atoms with Gasteiger partial charge in [-0.3, -0.25) is 0 Å². The molecule has 6 heteroatoms. The van der Waals surface area contributed by atoms with Gasteiger partial charge in [0.2, 0.25) is 10.0 Å². The van der Waals surface area contributed by atoms with Crippen molar-refractivity contribution in [3.05, 3.63) is 48.3 Å². The van der Waals surface area contributed by atoms with Crippen molar-refractivity contribution in [2.24, 2.45) is 5.92 Å². The van der Waals surface area contributed by atoms with E-state index in [1.165, 1.54) is 13.2 Å². The van der Waals surface area contributed by atoms with Crippen molar-refractivity contribution in [2.75, 3.05) is 7.11 Å². The maximum Gasteiger partial charge on any atom is 0.240 e. The van der Waals surface area contributed by atoms with Crippen LogP contribution >= 0.6 is 0 Å². The lowest BCUT2D eigenvalue weighted by Crippen LogP contribution is -2.43. The van der Waals surface area contributed by atoms with Crippen LogP contribution < -0.4 is 9.46 Å². The molecule has 1 saturated carbocycles. The summed E-state index contributed by atoms with van der Waals surface area (Å²) in [5, 5.41) is 0. The molecule has 1 fully saturated rings. The second-order valence-corrected chi connectivity index (χ2v) is 7.98. The van der Waals surface area contributed by atoms with Crippen LogP contribution in [-0.4, -0.2) is 21.6 Å². The highest BCUT2D eigenvalue weighted by atomic mass is 32.2. The first-order valence-corrected chi connectivity index (χ1v) is 9.33. The molecule has 0 heterocycles. The Morgan fingerprint density at radius 2 is 1.71 bits per heavy atom. The molecule has 2 aromatic carbocycles. The zero-order chi connectivity index (χ0) is 17.3. The molecule has 1 N–H and O–H groups in total. The van der Waals surface area contributed by atoms with Gasteiger partial charge >= 0.3 is 0 Å². The van der Waals surface area contributed by atoms with E-state index in [1.807, 2.05) is 0 Å². The Kier molecular flexibility index (Phi) is 4.60. The summed E-state index contributed by atoms with van der Waals surface area (Å²) in [6, 6.07) is 11.1. The Hall–Kier alpha value is -1.92. The van der Waals surface area contributed by atoms with Crippen LogP contribution in [0.15, 0.2) is 47.4 Å². The van der Waals surface area contributed by atoms with E-state index in [-0.39, 0.29) is 16.7 Å². The lowest BCUT2D eigenvalue weighted by molar-refractivity contribution is 0.270. The Balaban J connectivity index is 1.79. The van der Waals surface area contributed by atoms with Gasteiger partial charge in [0.25, 0.3) is 0 Å². The molecule has 24 heavy (non-hydrogen) atoms. The highest BCUT2D eigenvalue weighted by Gasteiger charge is 2.29. The van der Waals surface area contributed by atoms with Gasteiger partial charge in [-0.25, -0.2) is 17.5 Å². The monoisotopic (exact) mass is 349 g/mol. The van der Waals surface area contributed by atoms with Gasteiger partial charge in [0, 0.05) is 6.04 Å². The zero-order valence-corrected chi connectivity index (χ0v) is 14.4. The van der Waals surface area contributed by atoms with Gasteiger partial charge in [-0.2, -0.15) is 0 Å². The van der Waals surface area contributed by atoms with Gasteiger partial charge in [0.1, 0.15) is 0 Å². The van der Waals surface area contributed by atoms with E-state index in [9.17, 15) is 12.8 Å². The lowest BCUT2D eigenvalue weighted by Gasteiger charge is -2.32. The smallest absolute Gasteiger partial charge is 0.240 e. The van der Waals surface area contributed by atoms with Crippen molar-refractivity contribution >= 4 is 10.0 Å². The molecule has 0 spiro atoms. The van der Waals surface area contributed by atoms with Crippen LogP contribution in [0.5, 0.6) is 5.75 Å². The van der Waals surface area contributed by atoms with Crippen molar-refractivity contribution in [1.82, 2.24) is 4.72 Å². The fraction of sp³-hybridized carbons (Fsp3) is 0.333. The van der Waals surface area contributed by atoms with Crippen LogP contribution in [0, 0.1) is 11.7 Å². The summed E-state index contributed by atoms with van der Waals surface area (Å²) in [5.74, 6) is 0.300. The van der Waals surface area contributed by atoms with E-state index in [0.29, 0.717) is 11.5 Å². The Morgan fingerprint density at radius 1 is 1.08 bits per heavy atom. The van der Waals surface area contributed by atoms with E-state index >= 15 is 0 Å². The molecule has 0 radical (unpaired) electrons. The summed E-state index contributed by atoms with van der Waals surface area (Å²) in [6.45, 7) is 2.10. The third kappa shape index (κ3) is 3.44. The first-order chi connectivity index (χ1) is 11.4. The molecule has 0 aliphatic heterocycles. The number of hydrogen-bond donors (Lipinski definition) is 1. The van der Waals surface area contributed by atoms with E-state index in [0.717, 1.165) is 18.4 Å². The molecule has 0 aromatic heterocycles. The van der Waals surface area contributed by atoms with Gasteiger partial charge in [-0.1, -0.05) is 25.1 Å². The summed E-state index contributed by atoms with van der Waals surface area (Å²) in [6.07, 6.45) is 1.75. The molecule has 3 rings (SSSR count). The number of benzene rings is 2. The van der Waals surface area contributed by atoms with E-state index < -0.39 is 15.8 Å². The first kappa shape index (κ1) is 16.9. The predicted octanol–water partition coefficient (Wildman–Crippen LogP) is 3.58. The normalized spacial score (nSPS) is 20.5. The van der Waals surface area contributed by atoms with Crippen molar-refractivity contribution in [3.63, 3.8) is 0 Å². The molecule has 4 nitrogen and oxygen atoms in total. The average molecular weight is 349 g/mol. The number of rotatable bonds is 5. The van der Waals surface area contributed by atoms with Crippen LogP contribution in [0.2, 0.25) is 0 Å². The van der Waals surface area contributed by atoms with Gasteiger partial charge in [-0.05, 0) is 54.2 Å². The number of hydrogen-bond acceptors (Lipinski definition) is 3. The minimum absolute atomic E-state index is 0.0281. The van der Waals surface area contributed by atoms with Crippen LogP contribution in [0.25, 0.3) is 11.1 Å². The maximum absolute atomic E-state index is 13.8. The molecule has 0 amide bonds. The SMILES string of the molecule is COc1ccc(-c2ccc(S(=O)(=O)N[C@H]3C[C@@H](C)C3)cc2)cc1F. The second-order valence-electron chi connectivity index (χ2n) is 6.27. The van der Waals surface area contributed by atoms with Crippen molar-refractivity contribution in [1.29, 1.82) is 0 Å². The summed E-state index contributed by atoms with van der Waals surface area (Å²) in [7, 11) is -2.10. The predicted molar refractivity (Wildman–Crippen MR) is 90.9 cm³/mol. The third-order valence-electron chi connectivity index (χ3n) is 4.35. The van der Waals surface area contributed by atoms with Crippen molar-refractivity contribution in [3.8, 4) is 16.9 Å². The topological polar surface area (TPSA) is 55.4 Å². The van der Waals surface area contributed by atoms with Crippen molar-refractivity contribution in [2.45, 2.75) is 30.7 Å². The molecule has 0 saturated heterocycles. The molecule has 1 aliphatic carbocycles. The third-order valence-corrected chi connectivity index (χ3v) is 5.88. The first-order valence-electron chi connectivity index (χ1n) is 7.85. The van der Waals surface area contributed by atoms with Gasteiger partial charge in [0.05, 0.1) is 12.0 Å². The summed E-state index contributed by atoms with van der Waals surface area (Å²) in [5.41, 5.74) is 1.41. The fourth-order valence-corrected chi connectivity index (χ4v) is 4.22. The largest absolute Gasteiger partial charge is 0.494 e. The molecule has 0 unspecified atom stereocenters. The second kappa shape index (κ2) is 6.53. The number of methoxy groups -OCH3 is 1. The minimum Gasteiger partial charge on any atom is -0.494 e. The maximum atomic E-state index is 13.8. The van der Waals surface area contributed by atoms with Crippen LogP contribution in [-0.2, 0) is 10.0 Å². The average Bonchev–Trinajstić information content (AvgIpc) is 2.53. The van der Waals surface area contributed by atoms with Crippen LogP contribution in [0.1, 0.15) is 19.8 Å². The Labute approximate surface area is 141 Å². The zero-order valence-electron chi connectivity index (χ0n) is 13.6. The summed E-state index contributed by atoms with van der Waals surface area (Å²) < 4.78 is 46.1. The van der Waals surface area contributed by atoms with Gasteiger partial charge < -0.3 is 4.74 Å². The highest BCUT2D eigenvalue weighted by molar-refractivity contribution is 7.89.